The third-order valence-corrected chi connectivity index (χ3v) is 6.34. The van der Waals surface area contributed by atoms with Gasteiger partial charge in [0.15, 0.2) is 0 Å². The van der Waals surface area contributed by atoms with Crippen LogP contribution in [0.1, 0.15) is 58.4 Å². The molecule has 176 valence electrons. The average Bonchev–Trinajstić information content (AvgIpc) is 2.86. The highest BCUT2D eigenvalue weighted by Gasteiger charge is 2.19. The molecule has 2 amide bonds. The third kappa shape index (κ3) is 6.61. The first-order chi connectivity index (χ1) is 16.6. The van der Waals surface area contributed by atoms with Crippen molar-refractivity contribution < 1.29 is 14.3 Å². The van der Waals surface area contributed by atoms with Crippen LogP contribution < -0.4 is 15.4 Å². The van der Waals surface area contributed by atoms with E-state index in [9.17, 15) is 9.59 Å². The number of carbonyl (C=O) groups excluding carboxylic acids is 2. The lowest BCUT2D eigenvalue weighted by molar-refractivity contribution is 0.0926. The smallest absolute Gasteiger partial charge is 0.255 e. The fourth-order valence-corrected chi connectivity index (χ4v) is 4.35. The molecule has 1 aliphatic carbocycles. The molecule has 0 spiro atoms. The lowest BCUT2D eigenvalue weighted by atomic mass is 9.95. The molecular formula is C28H29ClN2O3. The molecule has 0 saturated heterocycles. The number of anilines is 1. The van der Waals surface area contributed by atoms with Gasteiger partial charge >= 0.3 is 0 Å². The molecule has 0 aromatic heterocycles. The van der Waals surface area contributed by atoms with Gasteiger partial charge in [0.2, 0.25) is 0 Å². The molecule has 0 atom stereocenters. The number of rotatable bonds is 8. The summed E-state index contributed by atoms with van der Waals surface area (Å²) in [6.07, 6.45) is 6.24. The van der Waals surface area contributed by atoms with Crippen LogP contribution in [0.4, 0.5) is 5.69 Å². The molecule has 1 aliphatic rings. The second-order valence-electron chi connectivity index (χ2n) is 8.57. The normalized spacial score (nSPS) is 13.8. The minimum atomic E-state index is -0.283. The van der Waals surface area contributed by atoms with Gasteiger partial charge in [0.1, 0.15) is 5.75 Å². The summed E-state index contributed by atoms with van der Waals surface area (Å²) in [4.78, 5) is 25.6. The van der Waals surface area contributed by atoms with E-state index in [2.05, 4.69) is 22.8 Å². The first kappa shape index (κ1) is 23.8. The van der Waals surface area contributed by atoms with Crippen LogP contribution in [0.3, 0.4) is 0 Å². The highest BCUT2D eigenvalue weighted by atomic mass is 35.5. The second kappa shape index (κ2) is 11.7. The van der Waals surface area contributed by atoms with E-state index < -0.39 is 0 Å². The Morgan fingerprint density at radius 2 is 1.68 bits per heavy atom. The summed E-state index contributed by atoms with van der Waals surface area (Å²) >= 11 is 6.29. The molecule has 2 N–H and O–H groups in total. The van der Waals surface area contributed by atoms with Crippen LogP contribution in [0.2, 0.25) is 5.02 Å². The lowest BCUT2D eigenvalue weighted by Crippen LogP contribution is -2.36. The fourth-order valence-electron chi connectivity index (χ4n) is 4.15. The van der Waals surface area contributed by atoms with Gasteiger partial charge in [0.25, 0.3) is 11.8 Å². The number of hydrogen-bond acceptors (Lipinski definition) is 3. The molecule has 4 rings (SSSR count). The van der Waals surface area contributed by atoms with Gasteiger partial charge in [-0.3, -0.25) is 9.59 Å². The van der Waals surface area contributed by atoms with Gasteiger partial charge in [-0.25, -0.2) is 0 Å². The average molecular weight is 477 g/mol. The number of nitrogens with one attached hydrogen (secondary N) is 2. The fraction of sp³-hybridized carbons (Fsp3) is 0.286. The molecule has 34 heavy (non-hydrogen) atoms. The van der Waals surface area contributed by atoms with Crippen LogP contribution in [0.25, 0.3) is 0 Å². The predicted molar refractivity (Wildman–Crippen MR) is 136 cm³/mol. The van der Waals surface area contributed by atoms with Gasteiger partial charge in [-0.1, -0.05) is 67.3 Å². The second-order valence-corrected chi connectivity index (χ2v) is 8.98. The molecule has 3 aromatic carbocycles. The maximum absolute atomic E-state index is 12.8. The summed E-state index contributed by atoms with van der Waals surface area (Å²) in [7, 11) is 0. The zero-order chi connectivity index (χ0) is 23.8. The summed E-state index contributed by atoms with van der Waals surface area (Å²) in [6, 6.07) is 22.3. The van der Waals surface area contributed by atoms with Crippen molar-refractivity contribution in [3.05, 3.63) is 94.5 Å². The Kier molecular flexibility index (Phi) is 8.21. The monoisotopic (exact) mass is 476 g/mol. The quantitative estimate of drug-likeness (QED) is 0.402. The first-order valence-electron chi connectivity index (χ1n) is 11.8. The summed E-state index contributed by atoms with van der Waals surface area (Å²) in [5, 5.41) is 6.30. The molecule has 5 nitrogen and oxygen atoms in total. The van der Waals surface area contributed by atoms with E-state index in [-0.39, 0.29) is 17.9 Å². The Labute approximate surface area is 205 Å². The Morgan fingerprint density at radius 3 is 2.47 bits per heavy atom. The van der Waals surface area contributed by atoms with E-state index in [1.165, 1.54) is 12.0 Å². The van der Waals surface area contributed by atoms with Crippen LogP contribution in [0.5, 0.6) is 5.75 Å². The standard InChI is InChI=1S/C28H29ClN2O3/c29-26-15-14-23(19-25(26)28(33)30-22-11-5-2-6-12-22)31-27(32)21-10-7-13-24(18-21)34-17-16-20-8-3-1-4-9-20/h1,3-4,7-10,13-15,18-19,22H,2,5-6,11-12,16-17H2,(H,30,33)(H,31,32). The van der Waals surface area contributed by atoms with E-state index in [1.54, 1.807) is 36.4 Å². The topological polar surface area (TPSA) is 67.4 Å². The summed E-state index contributed by atoms with van der Waals surface area (Å²) in [5.41, 5.74) is 2.55. The Balaban J connectivity index is 1.37. The zero-order valence-corrected chi connectivity index (χ0v) is 19.8. The van der Waals surface area contributed by atoms with Gasteiger partial charge in [-0.2, -0.15) is 0 Å². The molecule has 6 heteroatoms. The molecule has 0 radical (unpaired) electrons. The van der Waals surface area contributed by atoms with Crippen LogP contribution in [0.15, 0.2) is 72.8 Å². The zero-order valence-electron chi connectivity index (χ0n) is 19.1. The van der Waals surface area contributed by atoms with Crippen molar-refractivity contribution in [2.45, 2.75) is 44.6 Å². The van der Waals surface area contributed by atoms with Crippen molar-refractivity contribution >= 4 is 29.1 Å². The number of benzene rings is 3. The highest BCUT2D eigenvalue weighted by molar-refractivity contribution is 6.34. The van der Waals surface area contributed by atoms with Crippen molar-refractivity contribution in [1.29, 1.82) is 0 Å². The van der Waals surface area contributed by atoms with E-state index in [0.29, 0.717) is 34.2 Å². The number of amides is 2. The van der Waals surface area contributed by atoms with Crippen molar-refractivity contribution in [2.75, 3.05) is 11.9 Å². The Morgan fingerprint density at radius 1 is 0.882 bits per heavy atom. The molecule has 0 bridgehead atoms. The minimum Gasteiger partial charge on any atom is -0.493 e. The largest absolute Gasteiger partial charge is 0.493 e. The highest BCUT2D eigenvalue weighted by Crippen LogP contribution is 2.24. The van der Waals surface area contributed by atoms with Gasteiger partial charge in [-0.05, 0) is 54.8 Å². The SMILES string of the molecule is O=C(Nc1ccc(Cl)c(C(=O)NC2CCCCC2)c1)c1cccc(OCCc2ccccc2)c1. The van der Waals surface area contributed by atoms with E-state index in [1.807, 2.05) is 24.3 Å². The Bertz CT molecular complexity index is 1130. The molecule has 3 aromatic rings. The van der Waals surface area contributed by atoms with Crippen molar-refractivity contribution in [3.63, 3.8) is 0 Å². The van der Waals surface area contributed by atoms with Gasteiger partial charge in [0, 0.05) is 23.7 Å². The predicted octanol–water partition coefficient (Wildman–Crippen LogP) is 6.28. The summed E-state index contributed by atoms with van der Waals surface area (Å²) < 4.78 is 5.84. The maximum atomic E-state index is 12.8. The van der Waals surface area contributed by atoms with Gasteiger partial charge in [0.05, 0.1) is 17.2 Å². The van der Waals surface area contributed by atoms with E-state index in [4.69, 9.17) is 16.3 Å². The first-order valence-corrected chi connectivity index (χ1v) is 12.1. The van der Waals surface area contributed by atoms with Gasteiger partial charge in [-0.15, -0.1) is 0 Å². The van der Waals surface area contributed by atoms with Crippen molar-refractivity contribution in [3.8, 4) is 5.75 Å². The van der Waals surface area contributed by atoms with Crippen LogP contribution in [-0.4, -0.2) is 24.5 Å². The number of halogens is 1. The van der Waals surface area contributed by atoms with E-state index in [0.717, 1.165) is 32.1 Å². The third-order valence-electron chi connectivity index (χ3n) is 6.01. The number of hydrogen-bond donors (Lipinski definition) is 2. The number of carbonyl (C=O) groups is 2. The number of ether oxygens (including phenoxy) is 1. The van der Waals surface area contributed by atoms with Crippen LogP contribution in [0, 0.1) is 0 Å². The Hall–Kier alpha value is -3.31. The van der Waals surface area contributed by atoms with Crippen LogP contribution in [-0.2, 0) is 6.42 Å². The van der Waals surface area contributed by atoms with Gasteiger partial charge < -0.3 is 15.4 Å². The van der Waals surface area contributed by atoms with Crippen molar-refractivity contribution in [1.82, 2.24) is 5.32 Å². The molecule has 0 heterocycles. The van der Waals surface area contributed by atoms with Crippen molar-refractivity contribution in [2.24, 2.45) is 0 Å². The minimum absolute atomic E-state index is 0.181. The van der Waals surface area contributed by atoms with E-state index >= 15 is 0 Å². The summed E-state index contributed by atoms with van der Waals surface area (Å²) in [5.74, 6) is 0.142. The molecular weight excluding hydrogens is 448 g/mol. The molecule has 0 unspecified atom stereocenters. The molecule has 1 saturated carbocycles. The maximum Gasteiger partial charge on any atom is 0.255 e. The lowest BCUT2D eigenvalue weighted by Gasteiger charge is -2.23. The van der Waals surface area contributed by atoms with Crippen LogP contribution >= 0.6 is 11.6 Å². The molecule has 0 aliphatic heterocycles. The molecule has 1 fully saturated rings. The summed E-state index contributed by atoms with van der Waals surface area (Å²) in [6.45, 7) is 0.520.